The van der Waals surface area contributed by atoms with Crippen molar-refractivity contribution >= 4 is 0 Å². The van der Waals surface area contributed by atoms with E-state index >= 15 is 0 Å². The van der Waals surface area contributed by atoms with Gasteiger partial charge in [-0.05, 0) is 28.8 Å². The summed E-state index contributed by atoms with van der Waals surface area (Å²) >= 11 is 0. The van der Waals surface area contributed by atoms with E-state index in [2.05, 4.69) is 4.98 Å². The van der Waals surface area contributed by atoms with Crippen molar-refractivity contribution in [3.63, 3.8) is 0 Å². The Kier molecular flexibility index (Phi) is 7.26. The lowest BCUT2D eigenvalue weighted by Gasteiger charge is -2.37. The maximum absolute atomic E-state index is 12.3. The molecule has 1 aliphatic rings. The Balaban J connectivity index is 1.54. The van der Waals surface area contributed by atoms with Crippen LogP contribution in [0.3, 0.4) is 0 Å². The minimum atomic E-state index is -1.42. The Morgan fingerprint density at radius 2 is 1.42 bits per heavy atom. The zero-order valence-electron chi connectivity index (χ0n) is 20.6. The molecular formula is C29H28N2O7. The molecule has 1 aromatic heterocycles. The lowest BCUT2D eigenvalue weighted by atomic mass is 9.80. The number of rotatable bonds is 8. The van der Waals surface area contributed by atoms with Crippen LogP contribution in [0.1, 0.15) is 22.9 Å². The average Bonchev–Trinajstić information content (AvgIpc) is 3.23. The van der Waals surface area contributed by atoms with Crippen molar-refractivity contribution in [3.8, 4) is 5.75 Å². The Bertz CT molecular complexity index is 1430. The maximum atomic E-state index is 12.3. The maximum Gasteiger partial charge on any atom is 0.330 e. The van der Waals surface area contributed by atoms with E-state index < -0.39 is 41.4 Å². The van der Waals surface area contributed by atoms with E-state index in [0.717, 1.165) is 27.3 Å². The number of H-pyrrole nitrogens is 1. The van der Waals surface area contributed by atoms with Gasteiger partial charge in [-0.1, -0.05) is 72.8 Å². The number of hydrogen-bond donors (Lipinski definition) is 3. The van der Waals surface area contributed by atoms with Crippen LogP contribution >= 0.6 is 0 Å². The first-order valence-electron chi connectivity index (χ1n) is 12.2. The van der Waals surface area contributed by atoms with Gasteiger partial charge >= 0.3 is 5.69 Å². The second-order valence-corrected chi connectivity index (χ2v) is 9.02. The highest BCUT2D eigenvalue weighted by Crippen LogP contribution is 2.42. The van der Waals surface area contributed by atoms with E-state index in [1.54, 1.807) is 7.11 Å². The highest BCUT2D eigenvalue weighted by molar-refractivity contribution is 5.48. The number of nitrogens with one attached hydrogen (secondary N) is 1. The summed E-state index contributed by atoms with van der Waals surface area (Å²) in [7, 11) is 1.60. The fourth-order valence-corrected chi connectivity index (χ4v) is 4.85. The zero-order valence-corrected chi connectivity index (χ0v) is 20.6. The number of aliphatic hydroxyl groups excluding tert-OH is 2. The van der Waals surface area contributed by atoms with E-state index in [0.29, 0.717) is 5.75 Å². The highest BCUT2D eigenvalue weighted by atomic mass is 16.6. The average molecular weight is 517 g/mol. The Morgan fingerprint density at radius 1 is 0.842 bits per heavy atom. The summed E-state index contributed by atoms with van der Waals surface area (Å²) < 4.78 is 19.0. The van der Waals surface area contributed by atoms with Crippen molar-refractivity contribution < 1.29 is 24.4 Å². The molecule has 2 heterocycles. The predicted molar refractivity (Wildman–Crippen MR) is 139 cm³/mol. The molecule has 1 saturated heterocycles. The predicted octanol–water partition coefficient (Wildman–Crippen LogP) is 2.17. The standard InChI is InChI=1S/C29H28N2O7/c1-36-22-14-12-21(13-15-22)29(19-8-4-2-5-9-19,20-10-6-3-7-11-20)37-18-23-25(33)26(34)27(38-23)31-17-16-24(32)30-28(31)35/h2-17,23,25-27,33-34H,18H2,1H3,(H,30,32,35)/t23-,25+,26+,27-/m0/s1. The number of benzene rings is 3. The molecule has 4 atom stereocenters. The van der Waals surface area contributed by atoms with Crippen LogP contribution in [0.15, 0.2) is 107 Å². The first-order valence-corrected chi connectivity index (χ1v) is 12.2. The van der Waals surface area contributed by atoms with Crippen molar-refractivity contribution in [2.75, 3.05) is 13.7 Å². The summed E-state index contributed by atoms with van der Waals surface area (Å²) in [6.07, 6.45) is -3.72. The van der Waals surface area contributed by atoms with E-state index in [1.807, 2.05) is 84.9 Å². The minimum Gasteiger partial charge on any atom is -0.497 e. The first-order chi connectivity index (χ1) is 18.4. The monoisotopic (exact) mass is 516 g/mol. The van der Waals surface area contributed by atoms with Crippen molar-refractivity contribution in [1.82, 2.24) is 9.55 Å². The van der Waals surface area contributed by atoms with Gasteiger partial charge in [0.05, 0.1) is 13.7 Å². The summed E-state index contributed by atoms with van der Waals surface area (Å²) in [5.41, 5.74) is 0.0776. The summed E-state index contributed by atoms with van der Waals surface area (Å²) in [6.45, 7) is -0.122. The fourth-order valence-electron chi connectivity index (χ4n) is 4.85. The fraction of sp³-hybridized carbons (Fsp3) is 0.241. The van der Waals surface area contributed by atoms with Gasteiger partial charge in [-0.25, -0.2) is 4.79 Å². The normalized spacial score (nSPS) is 21.3. The first kappa shape index (κ1) is 25.6. The molecule has 0 amide bonds. The third kappa shape index (κ3) is 4.68. The van der Waals surface area contributed by atoms with Gasteiger partial charge in [0.15, 0.2) is 6.23 Å². The summed E-state index contributed by atoms with van der Waals surface area (Å²) in [6, 6.07) is 28.0. The summed E-state index contributed by atoms with van der Waals surface area (Å²) in [5.74, 6) is 0.690. The third-order valence-electron chi connectivity index (χ3n) is 6.78. The molecule has 9 heteroatoms. The van der Waals surface area contributed by atoms with Gasteiger partial charge in [-0.15, -0.1) is 0 Å². The van der Waals surface area contributed by atoms with Crippen LogP contribution in [-0.2, 0) is 15.1 Å². The van der Waals surface area contributed by atoms with E-state index in [-0.39, 0.29) is 6.61 Å². The molecule has 1 aliphatic heterocycles. The van der Waals surface area contributed by atoms with Crippen LogP contribution < -0.4 is 16.0 Å². The van der Waals surface area contributed by atoms with E-state index in [4.69, 9.17) is 14.2 Å². The highest BCUT2D eigenvalue weighted by Gasteiger charge is 2.46. The van der Waals surface area contributed by atoms with Crippen LogP contribution in [0.4, 0.5) is 0 Å². The topological polar surface area (TPSA) is 123 Å². The van der Waals surface area contributed by atoms with Gasteiger partial charge in [0.25, 0.3) is 5.56 Å². The quantitative estimate of drug-likeness (QED) is 0.307. The Hall–Kier alpha value is -4.02. The largest absolute Gasteiger partial charge is 0.497 e. The molecule has 5 rings (SSSR count). The molecule has 3 N–H and O–H groups in total. The molecule has 0 saturated carbocycles. The lowest BCUT2D eigenvalue weighted by molar-refractivity contribution is -0.0958. The van der Waals surface area contributed by atoms with E-state index in [9.17, 15) is 19.8 Å². The van der Waals surface area contributed by atoms with Crippen molar-refractivity contribution in [2.45, 2.75) is 30.1 Å². The van der Waals surface area contributed by atoms with Crippen molar-refractivity contribution in [1.29, 1.82) is 0 Å². The molecule has 38 heavy (non-hydrogen) atoms. The van der Waals surface area contributed by atoms with Crippen LogP contribution in [0, 0.1) is 0 Å². The second kappa shape index (κ2) is 10.8. The van der Waals surface area contributed by atoms with Crippen LogP contribution in [0.2, 0.25) is 0 Å². The molecule has 3 aromatic carbocycles. The van der Waals surface area contributed by atoms with Crippen LogP contribution in [-0.4, -0.2) is 51.8 Å². The van der Waals surface area contributed by atoms with Gasteiger partial charge in [0.2, 0.25) is 0 Å². The third-order valence-corrected chi connectivity index (χ3v) is 6.78. The second-order valence-electron chi connectivity index (χ2n) is 9.02. The minimum absolute atomic E-state index is 0.122. The van der Waals surface area contributed by atoms with Gasteiger partial charge in [-0.3, -0.25) is 14.3 Å². The number of nitrogens with zero attached hydrogens (tertiary/aromatic N) is 1. The molecule has 0 aliphatic carbocycles. The summed E-state index contributed by atoms with van der Waals surface area (Å²) in [5, 5.41) is 21.6. The van der Waals surface area contributed by atoms with Gasteiger partial charge < -0.3 is 24.4 Å². The number of aliphatic hydroxyl groups is 2. The molecule has 1 fully saturated rings. The molecule has 0 bridgehead atoms. The molecule has 0 radical (unpaired) electrons. The SMILES string of the molecule is COc1ccc(C(OC[C@@H]2O[C@H](n3ccc(=O)[nH]c3=O)[C@H](O)[C@@H]2O)(c2ccccc2)c2ccccc2)cc1. The van der Waals surface area contributed by atoms with Crippen LogP contribution in [0.25, 0.3) is 0 Å². The number of hydrogen-bond acceptors (Lipinski definition) is 7. The smallest absolute Gasteiger partial charge is 0.330 e. The Morgan fingerprint density at radius 3 is 1.97 bits per heavy atom. The Labute approximate surface area is 218 Å². The van der Waals surface area contributed by atoms with Gasteiger partial charge in [0.1, 0.15) is 29.7 Å². The lowest BCUT2D eigenvalue weighted by Crippen LogP contribution is -2.40. The van der Waals surface area contributed by atoms with Crippen molar-refractivity contribution in [2.24, 2.45) is 0 Å². The summed E-state index contributed by atoms with van der Waals surface area (Å²) in [4.78, 5) is 25.9. The van der Waals surface area contributed by atoms with Gasteiger partial charge in [0, 0.05) is 12.3 Å². The number of ether oxygens (including phenoxy) is 3. The number of aromatic nitrogens is 2. The van der Waals surface area contributed by atoms with E-state index in [1.165, 1.54) is 6.20 Å². The molecule has 0 spiro atoms. The zero-order chi connectivity index (χ0) is 26.7. The number of methoxy groups -OCH3 is 1. The molecule has 9 nitrogen and oxygen atoms in total. The number of aromatic amines is 1. The molecule has 4 aromatic rings. The molecular weight excluding hydrogens is 488 g/mol. The van der Waals surface area contributed by atoms with Crippen LogP contribution in [0.5, 0.6) is 5.75 Å². The molecule has 0 unspecified atom stereocenters. The molecule has 196 valence electrons. The van der Waals surface area contributed by atoms with Crippen molar-refractivity contribution in [3.05, 3.63) is 135 Å². The van der Waals surface area contributed by atoms with Gasteiger partial charge in [-0.2, -0.15) is 0 Å².